The van der Waals surface area contributed by atoms with Gasteiger partial charge in [0.05, 0.1) is 6.42 Å². The maximum Gasteiger partial charge on any atom is 0.206 e. The maximum absolute atomic E-state index is 11.1. The number of hydrogen-bond acceptors (Lipinski definition) is 2. The van der Waals surface area contributed by atoms with Crippen LogP contribution in [0.25, 0.3) is 0 Å². The molecule has 2 nitrogen and oxygen atoms in total. The Morgan fingerprint density at radius 2 is 1.92 bits per heavy atom. The summed E-state index contributed by atoms with van der Waals surface area (Å²) >= 11 is 0. The minimum Gasteiger partial charge on any atom is -0.294 e. The molecule has 0 aliphatic carbocycles. The topological polar surface area (TPSA) is 34.1 Å². The predicted octanol–water partition coefficient (Wildman–Crippen LogP) is 1.68. The van der Waals surface area contributed by atoms with Crippen LogP contribution in [-0.2, 0) is 4.79 Å². The second-order valence-electron chi connectivity index (χ2n) is 2.61. The maximum atomic E-state index is 11.1. The van der Waals surface area contributed by atoms with Gasteiger partial charge in [0.25, 0.3) is 0 Å². The van der Waals surface area contributed by atoms with Gasteiger partial charge in [-0.15, -0.1) is 0 Å². The summed E-state index contributed by atoms with van der Waals surface area (Å²) in [5.74, 6) is -0.176. The molecule has 1 aromatic carbocycles. The monoisotopic (exact) mass is 161 g/mol. The minimum absolute atomic E-state index is 0.150. The predicted molar refractivity (Wildman–Crippen MR) is 45.8 cm³/mol. The quantitative estimate of drug-likeness (QED) is 0.499. The molecule has 2 heteroatoms. The van der Waals surface area contributed by atoms with Crippen molar-refractivity contribution in [1.82, 2.24) is 0 Å². The Balaban J connectivity index is 2.82. The van der Waals surface area contributed by atoms with Crippen molar-refractivity contribution in [3.05, 3.63) is 35.4 Å². The average molecular weight is 161 g/mol. The molecule has 12 heavy (non-hydrogen) atoms. The average Bonchev–Trinajstić information content (AvgIpc) is 2.06. The number of hydrogen-bond donors (Lipinski definition) is 0. The van der Waals surface area contributed by atoms with Crippen molar-refractivity contribution in [2.45, 2.75) is 13.3 Å². The van der Waals surface area contributed by atoms with E-state index in [9.17, 15) is 9.59 Å². The first-order valence-corrected chi connectivity index (χ1v) is 3.69. The molecule has 0 aromatic heterocycles. The van der Waals surface area contributed by atoms with Gasteiger partial charge in [0, 0.05) is 5.56 Å². The molecular weight excluding hydrogens is 152 g/mol. The number of Topliss-reactive ketones (excluding diaryl/α,β-unsaturated/α-hetero) is 1. The first-order chi connectivity index (χ1) is 5.74. The third kappa shape index (κ3) is 2.02. The Morgan fingerprint density at radius 3 is 2.42 bits per heavy atom. The molecule has 0 spiro atoms. The summed E-state index contributed by atoms with van der Waals surface area (Å²) < 4.78 is 0. The number of carbonyl (C=O) groups excluding carboxylic acids is 2. The Morgan fingerprint density at radius 1 is 1.33 bits per heavy atom. The molecule has 1 radical (unpaired) electrons. The van der Waals surface area contributed by atoms with Crippen LogP contribution in [-0.4, -0.2) is 12.1 Å². The summed E-state index contributed by atoms with van der Waals surface area (Å²) in [5.41, 5.74) is 1.67. The van der Waals surface area contributed by atoms with Crippen LogP contribution < -0.4 is 0 Å². The van der Waals surface area contributed by atoms with Crippen molar-refractivity contribution in [3.63, 3.8) is 0 Å². The normalized spacial score (nSPS) is 9.42. The van der Waals surface area contributed by atoms with Gasteiger partial charge < -0.3 is 0 Å². The second kappa shape index (κ2) is 3.81. The lowest BCUT2D eigenvalue weighted by Crippen LogP contribution is -1.98. The second-order valence-corrected chi connectivity index (χ2v) is 2.61. The molecule has 1 rings (SSSR count). The molecule has 0 atom stereocenters. The molecule has 0 aliphatic heterocycles. The smallest absolute Gasteiger partial charge is 0.206 e. The van der Waals surface area contributed by atoms with Gasteiger partial charge in [-0.3, -0.25) is 9.59 Å². The fraction of sp³-hybridized carbons (Fsp3) is 0.200. The molecule has 61 valence electrons. The highest BCUT2D eigenvalue weighted by Gasteiger charge is 2.03. The fourth-order valence-electron chi connectivity index (χ4n) is 0.907. The van der Waals surface area contributed by atoms with E-state index in [4.69, 9.17) is 0 Å². The van der Waals surface area contributed by atoms with E-state index in [0.29, 0.717) is 5.56 Å². The summed E-state index contributed by atoms with van der Waals surface area (Å²) in [4.78, 5) is 21.0. The van der Waals surface area contributed by atoms with Crippen molar-refractivity contribution in [3.8, 4) is 0 Å². The van der Waals surface area contributed by atoms with Crippen molar-refractivity contribution in [1.29, 1.82) is 0 Å². The molecule has 0 bridgehead atoms. The van der Waals surface area contributed by atoms with E-state index in [-0.39, 0.29) is 12.2 Å². The van der Waals surface area contributed by atoms with E-state index in [1.165, 1.54) is 0 Å². The van der Waals surface area contributed by atoms with E-state index < -0.39 is 0 Å². The van der Waals surface area contributed by atoms with Crippen molar-refractivity contribution < 1.29 is 9.59 Å². The third-order valence-electron chi connectivity index (χ3n) is 1.61. The molecule has 0 fully saturated rings. The number of aryl methyl sites for hydroxylation is 1. The summed E-state index contributed by atoms with van der Waals surface area (Å²) in [7, 11) is 0. The molecule has 0 amide bonds. The molecule has 0 N–H and O–H groups in total. The summed E-state index contributed by atoms with van der Waals surface area (Å²) in [6.07, 6.45) is 1.43. The highest BCUT2D eigenvalue weighted by atomic mass is 16.1. The first kappa shape index (κ1) is 8.65. The number of ketones is 1. The lowest BCUT2D eigenvalue weighted by molar-refractivity contribution is 0.1000. The van der Waals surface area contributed by atoms with E-state index >= 15 is 0 Å². The van der Waals surface area contributed by atoms with Gasteiger partial charge in [-0.1, -0.05) is 29.8 Å². The number of benzene rings is 1. The Bertz CT molecular complexity index is 285. The Labute approximate surface area is 71.2 Å². The minimum atomic E-state index is -0.176. The summed E-state index contributed by atoms with van der Waals surface area (Å²) in [6.45, 7) is 1.94. The van der Waals surface area contributed by atoms with E-state index in [0.717, 1.165) is 5.56 Å². The molecular formula is C10H9O2. The van der Waals surface area contributed by atoms with Crippen molar-refractivity contribution >= 4 is 12.1 Å². The first-order valence-electron chi connectivity index (χ1n) is 3.69. The van der Waals surface area contributed by atoms with Crippen molar-refractivity contribution in [2.75, 3.05) is 0 Å². The third-order valence-corrected chi connectivity index (χ3v) is 1.61. The van der Waals surface area contributed by atoms with E-state index in [1.54, 1.807) is 18.4 Å². The highest BCUT2D eigenvalue weighted by Crippen LogP contribution is 2.04. The van der Waals surface area contributed by atoms with Crippen LogP contribution >= 0.6 is 0 Å². The lowest BCUT2D eigenvalue weighted by atomic mass is 10.1. The highest BCUT2D eigenvalue weighted by molar-refractivity contribution is 6.02. The summed E-state index contributed by atoms with van der Waals surface area (Å²) in [6, 6.07) is 7.13. The number of rotatable bonds is 3. The zero-order chi connectivity index (χ0) is 8.97. The van der Waals surface area contributed by atoms with Gasteiger partial charge >= 0.3 is 0 Å². The van der Waals surface area contributed by atoms with Crippen LogP contribution in [0.4, 0.5) is 0 Å². The van der Waals surface area contributed by atoms with Crippen LogP contribution in [0.1, 0.15) is 22.3 Å². The van der Waals surface area contributed by atoms with Crippen LogP contribution in [0.3, 0.4) is 0 Å². The molecule has 0 aliphatic rings. The Hall–Kier alpha value is -1.44. The molecule has 0 saturated heterocycles. The molecule has 0 saturated carbocycles. The lowest BCUT2D eigenvalue weighted by Gasteiger charge is -1.96. The van der Waals surface area contributed by atoms with Gasteiger partial charge in [0.15, 0.2) is 5.78 Å². The van der Waals surface area contributed by atoms with Crippen LogP contribution in [0.5, 0.6) is 0 Å². The van der Waals surface area contributed by atoms with Gasteiger partial charge in [-0.2, -0.15) is 0 Å². The van der Waals surface area contributed by atoms with Crippen LogP contribution in [0, 0.1) is 6.92 Å². The van der Waals surface area contributed by atoms with E-state index in [1.807, 2.05) is 19.1 Å². The van der Waals surface area contributed by atoms with Crippen LogP contribution in [0.15, 0.2) is 24.3 Å². The largest absolute Gasteiger partial charge is 0.294 e. The standard InChI is InChI=1S/C10H9O2/c1-8-2-4-9(5-3-8)10(12)6-7-11/h2-5H,6H2,1H3. The molecule has 0 unspecified atom stereocenters. The molecule has 0 heterocycles. The van der Waals surface area contributed by atoms with Gasteiger partial charge in [0.1, 0.15) is 0 Å². The Kier molecular flexibility index (Phi) is 2.75. The van der Waals surface area contributed by atoms with Gasteiger partial charge in [-0.05, 0) is 6.92 Å². The van der Waals surface area contributed by atoms with Crippen molar-refractivity contribution in [2.24, 2.45) is 0 Å². The van der Waals surface area contributed by atoms with E-state index in [2.05, 4.69) is 0 Å². The summed E-state index contributed by atoms with van der Waals surface area (Å²) in [5, 5.41) is 0. The zero-order valence-corrected chi connectivity index (χ0v) is 6.83. The molecule has 1 aromatic rings. The van der Waals surface area contributed by atoms with Crippen LogP contribution in [0.2, 0.25) is 0 Å². The van der Waals surface area contributed by atoms with Gasteiger partial charge in [-0.25, -0.2) is 0 Å². The SMILES string of the molecule is Cc1ccc(C(=O)C[C]=O)cc1. The number of carbonyl (C=O) groups is 1. The zero-order valence-electron chi connectivity index (χ0n) is 6.83. The fourth-order valence-corrected chi connectivity index (χ4v) is 0.907. The van der Waals surface area contributed by atoms with Gasteiger partial charge in [0.2, 0.25) is 6.29 Å².